The van der Waals surface area contributed by atoms with Gasteiger partial charge < -0.3 is 18.5 Å². The smallest absolute Gasteiger partial charge is 0.317 e. The number of imidazole rings is 1. The van der Waals surface area contributed by atoms with Gasteiger partial charge in [-0.05, 0) is 81.4 Å². The molecule has 0 spiro atoms. The second kappa shape index (κ2) is 15.4. The van der Waals surface area contributed by atoms with Crippen LogP contribution in [0.4, 0.5) is 5.00 Å². The Kier molecular flexibility index (Phi) is 10.3. The fourth-order valence-electron chi connectivity index (χ4n) is 7.69. The monoisotopic (exact) mass is 826 g/mol. The Morgan fingerprint density at radius 1 is 1.08 bits per heavy atom. The molecule has 1 aliphatic rings. The van der Waals surface area contributed by atoms with Gasteiger partial charge in [0.2, 0.25) is 0 Å². The molecule has 5 aromatic heterocycles. The SMILES string of the molecule is COC(=O)C[C@@H]1N=C(c2ccc(Cl)cc2)c2c(sc([B]n3c(=O)n([C@H](C)c4ccccn4)c4c5cc(OC)c(-c6c(C)noc6C)cc5ncc43)c2C)N(C(C)=N)C1=N. The zero-order valence-corrected chi connectivity index (χ0v) is 34.8. The van der Waals surface area contributed by atoms with Crippen molar-refractivity contribution in [3.05, 3.63) is 116 Å². The number of nitrogens with one attached hydrogen (secondary N) is 2. The summed E-state index contributed by atoms with van der Waals surface area (Å²) in [5, 5.41) is 24.0. The standard InChI is InChI=1S/C42H38BClN9O5S/c1-20-35-37(25-11-13-26(44)14-12-25)49-31(18-34(54)57-7)40(46)52(24(5)45)41(35)59-39(20)43-53-32-19-48-30-16-28(36-21(2)50-58-23(36)4)33(56-6)17-27(30)38(32)51(42(53)55)22(3)29-10-8-9-15-47-29/h8-17,19,22,31,45-46H,18H2,1-7H3/t22-,31+/m1/s1. The number of methoxy groups -OCH3 is 2. The lowest BCUT2D eigenvalue weighted by atomic mass is 9.85. The Labute approximate surface area is 348 Å². The van der Waals surface area contributed by atoms with Gasteiger partial charge in [-0.25, -0.2) is 4.79 Å². The Bertz CT molecular complexity index is 2920. The minimum atomic E-state index is -0.942. The van der Waals surface area contributed by atoms with Gasteiger partial charge in [0.25, 0.3) is 0 Å². The van der Waals surface area contributed by atoms with E-state index in [0.29, 0.717) is 76.5 Å². The van der Waals surface area contributed by atoms with Gasteiger partial charge in [-0.3, -0.25) is 40.0 Å². The molecule has 6 heterocycles. The Hall–Kier alpha value is -6.39. The van der Waals surface area contributed by atoms with Crippen molar-refractivity contribution in [1.29, 1.82) is 10.8 Å². The first kappa shape index (κ1) is 39.4. The van der Waals surface area contributed by atoms with E-state index in [1.165, 1.54) is 23.3 Å². The number of aliphatic imine (C=N–C) groups is 1. The predicted molar refractivity (Wildman–Crippen MR) is 232 cm³/mol. The lowest BCUT2D eigenvalue weighted by Gasteiger charge is -2.24. The van der Waals surface area contributed by atoms with Crippen LogP contribution in [0, 0.1) is 31.6 Å². The normalized spacial score (nSPS) is 14.6. The number of halogens is 1. The van der Waals surface area contributed by atoms with Crippen molar-refractivity contribution in [3.63, 3.8) is 0 Å². The number of carbonyl (C=O) groups is 1. The Morgan fingerprint density at radius 3 is 2.49 bits per heavy atom. The van der Waals surface area contributed by atoms with E-state index >= 15 is 4.79 Å². The van der Waals surface area contributed by atoms with Crippen molar-refractivity contribution in [2.24, 2.45) is 4.99 Å². The number of aryl methyl sites for hydroxylation is 2. The molecule has 8 rings (SSSR count). The molecule has 0 bridgehead atoms. The molecule has 0 unspecified atom stereocenters. The summed E-state index contributed by atoms with van der Waals surface area (Å²) in [5.41, 5.74) is 7.07. The molecule has 2 N–H and O–H groups in total. The summed E-state index contributed by atoms with van der Waals surface area (Å²) in [7, 11) is 4.66. The molecular formula is C42H38BClN9O5S. The van der Waals surface area contributed by atoms with E-state index in [1.807, 2.05) is 70.2 Å². The Balaban J connectivity index is 1.36. The van der Waals surface area contributed by atoms with Crippen LogP contribution in [0.2, 0.25) is 5.02 Å². The quantitative estimate of drug-likeness (QED) is 0.0670. The van der Waals surface area contributed by atoms with Crippen LogP contribution in [0.5, 0.6) is 5.75 Å². The van der Waals surface area contributed by atoms with E-state index in [0.717, 1.165) is 16.7 Å². The molecule has 1 aliphatic heterocycles. The van der Waals surface area contributed by atoms with Crippen LogP contribution in [0.3, 0.4) is 0 Å². The first-order valence-corrected chi connectivity index (χ1v) is 19.8. The van der Waals surface area contributed by atoms with Crippen molar-refractivity contribution >= 4 is 85.4 Å². The summed E-state index contributed by atoms with van der Waals surface area (Å²) in [6, 6.07) is 15.2. The second-order valence-electron chi connectivity index (χ2n) is 14.2. The number of carbonyl (C=O) groups excluding carboxylic acids is 1. The fraction of sp³-hybridized carbons (Fsp3) is 0.238. The zero-order valence-electron chi connectivity index (χ0n) is 33.2. The third kappa shape index (κ3) is 6.71. The molecule has 0 saturated heterocycles. The first-order chi connectivity index (χ1) is 28.3. The van der Waals surface area contributed by atoms with E-state index in [2.05, 4.69) is 10.1 Å². The highest BCUT2D eigenvalue weighted by Gasteiger charge is 2.36. The topological polar surface area (TPSA) is 178 Å². The van der Waals surface area contributed by atoms with E-state index in [-0.39, 0.29) is 23.8 Å². The number of rotatable bonds is 9. The lowest BCUT2D eigenvalue weighted by Crippen LogP contribution is -2.41. The molecule has 7 aromatic rings. The van der Waals surface area contributed by atoms with Gasteiger partial charge in [0.05, 0.1) is 72.1 Å². The highest BCUT2D eigenvalue weighted by Crippen LogP contribution is 2.40. The van der Waals surface area contributed by atoms with E-state index in [1.54, 1.807) is 55.0 Å². The van der Waals surface area contributed by atoms with Crippen molar-refractivity contribution in [2.75, 3.05) is 19.1 Å². The molecule has 2 atom stereocenters. The molecule has 297 valence electrons. The largest absolute Gasteiger partial charge is 0.496 e. The van der Waals surface area contributed by atoms with Gasteiger partial charge in [0, 0.05) is 33.3 Å². The molecule has 0 fully saturated rings. The third-order valence-corrected chi connectivity index (χ3v) is 12.1. The van der Waals surface area contributed by atoms with E-state index in [4.69, 9.17) is 41.0 Å². The highest BCUT2D eigenvalue weighted by atomic mass is 35.5. The number of nitrogens with zero attached hydrogens (tertiary/aromatic N) is 7. The van der Waals surface area contributed by atoms with Crippen molar-refractivity contribution in [3.8, 4) is 16.9 Å². The van der Waals surface area contributed by atoms with Crippen LogP contribution in [0.1, 0.15) is 60.1 Å². The molecule has 0 saturated carbocycles. The molecular weight excluding hydrogens is 789 g/mol. The summed E-state index contributed by atoms with van der Waals surface area (Å²) < 4.78 is 20.4. The second-order valence-corrected chi connectivity index (χ2v) is 15.7. The number of hydrogen-bond donors (Lipinski definition) is 2. The maximum Gasteiger partial charge on any atom is 0.317 e. The van der Waals surface area contributed by atoms with Crippen molar-refractivity contribution < 1.29 is 18.8 Å². The number of fused-ring (bicyclic) bond motifs is 4. The van der Waals surface area contributed by atoms with Gasteiger partial charge in [-0.2, -0.15) is 0 Å². The van der Waals surface area contributed by atoms with Crippen LogP contribution in [-0.2, 0) is 9.53 Å². The summed E-state index contributed by atoms with van der Waals surface area (Å²) in [5.74, 6) is 0.670. The minimum Gasteiger partial charge on any atom is -0.496 e. The van der Waals surface area contributed by atoms with Gasteiger partial charge >= 0.3 is 19.1 Å². The van der Waals surface area contributed by atoms with Crippen molar-refractivity contribution in [1.82, 2.24) is 24.2 Å². The van der Waals surface area contributed by atoms with Crippen LogP contribution in [0.15, 0.2) is 81.3 Å². The van der Waals surface area contributed by atoms with Crippen LogP contribution in [-0.4, -0.2) is 75.2 Å². The number of benzene rings is 2. The number of pyridine rings is 2. The van der Waals surface area contributed by atoms with E-state index < -0.39 is 18.1 Å². The molecule has 0 amide bonds. The zero-order chi connectivity index (χ0) is 41.9. The number of thiophene rings is 1. The maximum atomic E-state index is 15.0. The first-order valence-electron chi connectivity index (χ1n) is 18.6. The van der Waals surface area contributed by atoms with Crippen molar-refractivity contribution in [2.45, 2.75) is 53.1 Å². The van der Waals surface area contributed by atoms with Gasteiger partial charge in [-0.15, -0.1) is 11.3 Å². The molecule has 14 nitrogen and oxygen atoms in total. The van der Waals surface area contributed by atoms with Gasteiger partial charge in [-0.1, -0.05) is 35.0 Å². The van der Waals surface area contributed by atoms with Crippen LogP contribution < -0.4 is 20.1 Å². The third-order valence-electron chi connectivity index (χ3n) is 10.6. The summed E-state index contributed by atoms with van der Waals surface area (Å²) >= 11 is 7.62. The number of ether oxygens (including phenoxy) is 2. The highest BCUT2D eigenvalue weighted by molar-refractivity contribution is 7.25. The summed E-state index contributed by atoms with van der Waals surface area (Å²) in [6.07, 6.45) is 3.20. The number of esters is 1. The van der Waals surface area contributed by atoms with Crippen LogP contribution >= 0.6 is 22.9 Å². The van der Waals surface area contributed by atoms with Gasteiger partial charge in [0.15, 0.2) is 0 Å². The summed E-state index contributed by atoms with van der Waals surface area (Å²) in [4.78, 5) is 43.6. The maximum absolute atomic E-state index is 15.0. The number of amidine groups is 2. The molecule has 59 heavy (non-hydrogen) atoms. The lowest BCUT2D eigenvalue weighted by molar-refractivity contribution is -0.140. The van der Waals surface area contributed by atoms with Gasteiger partial charge in [0.1, 0.15) is 34.2 Å². The molecule has 2 aromatic carbocycles. The molecule has 0 aliphatic carbocycles. The molecule has 1 radical (unpaired) electrons. The number of anilines is 1. The molecule has 17 heteroatoms. The minimum absolute atomic E-state index is 0.0561. The summed E-state index contributed by atoms with van der Waals surface area (Å²) in [6.45, 7) is 9.16. The number of hydrogen-bond acceptors (Lipinski definition) is 12. The van der Waals surface area contributed by atoms with Crippen LogP contribution in [0.25, 0.3) is 33.1 Å². The average Bonchev–Trinajstić information content (AvgIpc) is 3.81. The number of aromatic nitrogens is 5. The van der Waals surface area contributed by atoms with E-state index in [9.17, 15) is 10.2 Å². The average molecular weight is 827 g/mol. The Morgan fingerprint density at radius 2 is 1.85 bits per heavy atom. The predicted octanol–water partition coefficient (Wildman–Crippen LogP) is 7.02. The fourth-order valence-corrected chi connectivity index (χ4v) is 9.11.